The summed E-state index contributed by atoms with van der Waals surface area (Å²) in [7, 11) is 0. The maximum atomic E-state index is 5.77. The van der Waals surface area contributed by atoms with Gasteiger partial charge in [0.25, 0.3) is 0 Å². The number of ether oxygens (including phenoxy) is 4. The van der Waals surface area contributed by atoms with Crippen molar-refractivity contribution in [1.29, 1.82) is 0 Å². The first-order chi connectivity index (χ1) is 11.3. The standard InChI is InChI=1S/C18H16O4S/c1-3-15-16-4-2-12(20-8-14-10-22-14)6-18(16)23-17(15)5-11(1)19-7-13-9-21-13/h1-6,13-14H,7-10H2. The van der Waals surface area contributed by atoms with Crippen LogP contribution in [0.15, 0.2) is 36.4 Å². The van der Waals surface area contributed by atoms with Crippen molar-refractivity contribution in [2.75, 3.05) is 26.4 Å². The van der Waals surface area contributed by atoms with Crippen LogP contribution in [0.25, 0.3) is 20.2 Å². The van der Waals surface area contributed by atoms with Gasteiger partial charge in [-0.1, -0.05) is 0 Å². The number of thiophene rings is 1. The predicted octanol–water partition coefficient (Wildman–Crippen LogP) is 3.61. The summed E-state index contributed by atoms with van der Waals surface area (Å²) in [6.45, 7) is 2.91. The molecule has 0 spiro atoms. The van der Waals surface area contributed by atoms with Crippen LogP contribution in [0, 0.1) is 0 Å². The van der Waals surface area contributed by atoms with Crippen LogP contribution in [-0.2, 0) is 9.47 Å². The molecule has 2 aliphatic heterocycles. The summed E-state index contributed by atoms with van der Waals surface area (Å²) in [5, 5.41) is 2.52. The summed E-state index contributed by atoms with van der Waals surface area (Å²) in [4.78, 5) is 0. The number of hydrogen-bond acceptors (Lipinski definition) is 5. The maximum Gasteiger partial charge on any atom is 0.120 e. The van der Waals surface area contributed by atoms with E-state index >= 15 is 0 Å². The van der Waals surface area contributed by atoms with Crippen LogP contribution in [0.1, 0.15) is 0 Å². The average molecular weight is 328 g/mol. The van der Waals surface area contributed by atoms with Gasteiger partial charge in [-0.05, 0) is 36.4 Å². The van der Waals surface area contributed by atoms with E-state index < -0.39 is 0 Å². The van der Waals surface area contributed by atoms with Crippen molar-refractivity contribution in [2.45, 2.75) is 12.2 Å². The lowest BCUT2D eigenvalue weighted by atomic mass is 10.1. The molecule has 2 unspecified atom stereocenters. The highest BCUT2D eigenvalue weighted by molar-refractivity contribution is 7.25. The van der Waals surface area contributed by atoms with Gasteiger partial charge in [0.05, 0.1) is 13.2 Å². The molecule has 0 N–H and O–H groups in total. The zero-order valence-electron chi connectivity index (χ0n) is 12.5. The Bertz CT molecular complexity index is 794. The first-order valence-corrected chi connectivity index (χ1v) is 8.62. The molecule has 0 radical (unpaired) electrons. The highest BCUT2D eigenvalue weighted by Crippen LogP contribution is 2.37. The van der Waals surface area contributed by atoms with Crippen LogP contribution in [0.2, 0.25) is 0 Å². The van der Waals surface area contributed by atoms with Crippen molar-refractivity contribution in [1.82, 2.24) is 0 Å². The van der Waals surface area contributed by atoms with Gasteiger partial charge in [-0.2, -0.15) is 0 Å². The summed E-state index contributed by atoms with van der Waals surface area (Å²) in [5.41, 5.74) is 0. The largest absolute Gasteiger partial charge is 0.491 e. The monoisotopic (exact) mass is 328 g/mol. The Labute approximate surface area is 137 Å². The second kappa shape index (κ2) is 5.37. The van der Waals surface area contributed by atoms with E-state index in [4.69, 9.17) is 18.9 Å². The van der Waals surface area contributed by atoms with E-state index in [1.165, 1.54) is 20.2 Å². The molecule has 2 atom stereocenters. The van der Waals surface area contributed by atoms with Crippen LogP contribution in [0.3, 0.4) is 0 Å². The van der Waals surface area contributed by atoms with Crippen molar-refractivity contribution in [3.8, 4) is 11.5 Å². The lowest BCUT2D eigenvalue weighted by Crippen LogP contribution is -2.03. The molecule has 1 aromatic heterocycles. The summed E-state index contributed by atoms with van der Waals surface area (Å²) in [6.07, 6.45) is 0.562. The zero-order valence-corrected chi connectivity index (χ0v) is 13.3. The minimum atomic E-state index is 0.281. The summed E-state index contributed by atoms with van der Waals surface area (Å²) in [5.74, 6) is 1.81. The molecule has 5 heteroatoms. The molecule has 2 saturated heterocycles. The Kier molecular flexibility index (Phi) is 3.18. The second-order valence-electron chi connectivity index (χ2n) is 5.95. The molecule has 0 bridgehead atoms. The molecule has 2 fully saturated rings. The molecule has 0 aliphatic carbocycles. The maximum absolute atomic E-state index is 5.77. The summed E-state index contributed by atoms with van der Waals surface area (Å²) >= 11 is 1.77. The first kappa shape index (κ1) is 13.6. The van der Waals surface area contributed by atoms with Crippen LogP contribution in [-0.4, -0.2) is 38.6 Å². The number of rotatable bonds is 6. The molecule has 0 saturated carbocycles. The third-order valence-corrected chi connectivity index (χ3v) is 5.21. The van der Waals surface area contributed by atoms with Crippen molar-refractivity contribution in [2.24, 2.45) is 0 Å². The first-order valence-electron chi connectivity index (χ1n) is 7.80. The third kappa shape index (κ3) is 2.87. The average Bonchev–Trinajstić information content (AvgIpc) is 3.48. The van der Waals surface area contributed by atoms with Gasteiger partial charge in [-0.25, -0.2) is 0 Å². The van der Waals surface area contributed by atoms with Crippen LogP contribution in [0.5, 0.6) is 11.5 Å². The van der Waals surface area contributed by atoms with Gasteiger partial charge in [0.15, 0.2) is 0 Å². The summed E-state index contributed by atoms with van der Waals surface area (Å²) < 4.78 is 24.4. The lowest BCUT2D eigenvalue weighted by molar-refractivity contribution is 0.263. The minimum absolute atomic E-state index is 0.281. The van der Waals surface area contributed by atoms with Crippen LogP contribution >= 0.6 is 11.3 Å². The highest BCUT2D eigenvalue weighted by atomic mass is 32.1. The number of benzene rings is 2. The van der Waals surface area contributed by atoms with E-state index in [1.807, 2.05) is 12.1 Å². The third-order valence-electron chi connectivity index (χ3n) is 4.09. The molecule has 2 aliphatic rings. The van der Waals surface area contributed by atoms with Crippen LogP contribution < -0.4 is 9.47 Å². The molecule has 4 nitrogen and oxygen atoms in total. The van der Waals surface area contributed by atoms with Crippen molar-refractivity contribution >= 4 is 31.5 Å². The number of hydrogen-bond donors (Lipinski definition) is 0. The van der Waals surface area contributed by atoms with E-state index in [0.29, 0.717) is 13.2 Å². The Balaban J connectivity index is 1.43. The smallest absolute Gasteiger partial charge is 0.120 e. The number of fused-ring (bicyclic) bond motifs is 3. The van der Waals surface area contributed by atoms with E-state index in [9.17, 15) is 0 Å². The zero-order chi connectivity index (χ0) is 15.2. The quantitative estimate of drug-likeness (QED) is 0.648. The Morgan fingerprint density at radius 2 is 1.30 bits per heavy atom. The van der Waals surface area contributed by atoms with E-state index in [1.54, 1.807) is 11.3 Å². The Hall–Kier alpha value is -1.82. The molecular weight excluding hydrogens is 312 g/mol. The lowest BCUT2D eigenvalue weighted by Gasteiger charge is -2.04. The summed E-state index contributed by atoms with van der Waals surface area (Å²) in [6, 6.07) is 12.6. The molecule has 5 rings (SSSR count). The Morgan fingerprint density at radius 3 is 1.74 bits per heavy atom. The molecule has 3 aromatic rings. The van der Waals surface area contributed by atoms with Crippen molar-refractivity contribution in [3.63, 3.8) is 0 Å². The molecule has 2 aromatic carbocycles. The minimum Gasteiger partial charge on any atom is -0.491 e. The van der Waals surface area contributed by atoms with Crippen molar-refractivity contribution < 1.29 is 18.9 Å². The van der Waals surface area contributed by atoms with Gasteiger partial charge in [-0.3, -0.25) is 0 Å². The normalized spacial score (nSPS) is 22.4. The predicted molar refractivity (Wildman–Crippen MR) is 89.8 cm³/mol. The topological polar surface area (TPSA) is 43.5 Å². The van der Waals surface area contributed by atoms with Crippen molar-refractivity contribution in [3.05, 3.63) is 36.4 Å². The molecule has 3 heterocycles. The fourth-order valence-electron chi connectivity index (χ4n) is 2.62. The SMILES string of the molecule is c1cc2c(cc1OCC1CO1)sc1cc(OCC3CO3)ccc12. The fourth-order valence-corrected chi connectivity index (χ4v) is 3.79. The van der Waals surface area contributed by atoms with E-state index in [-0.39, 0.29) is 12.2 Å². The van der Waals surface area contributed by atoms with Crippen LogP contribution in [0.4, 0.5) is 0 Å². The van der Waals surface area contributed by atoms with Gasteiger partial charge in [-0.15, -0.1) is 11.3 Å². The van der Waals surface area contributed by atoms with Gasteiger partial charge < -0.3 is 18.9 Å². The molecule has 23 heavy (non-hydrogen) atoms. The van der Waals surface area contributed by atoms with Gasteiger partial charge >= 0.3 is 0 Å². The number of epoxide rings is 2. The van der Waals surface area contributed by atoms with E-state index in [2.05, 4.69) is 24.3 Å². The van der Waals surface area contributed by atoms with Gasteiger partial charge in [0.1, 0.15) is 36.9 Å². The molecule has 118 valence electrons. The highest BCUT2D eigenvalue weighted by Gasteiger charge is 2.24. The van der Waals surface area contributed by atoms with Gasteiger partial charge in [0, 0.05) is 20.2 Å². The van der Waals surface area contributed by atoms with E-state index in [0.717, 1.165) is 24.7 Å². The molecular formula is C18H16O4S. The fraction of sp³-hybridized carbons (Fsp3) is 0.333. The molecule has 0 amide bonds. The van der Waals surface area contributed by atoms with Gasteiger partial charge in [0.2, 0.25) is 0 Å². The second-order valence-corrected chi connectivity index (χ2v) is 7.03. The Morgan fingerprint density at radius 1 is 0.826 bits per heavy atom.